The standard InChI is InChI=1S/C16H16N2O2S/c1-16(2,3)20-15(19)18-14-13(21-11-17-14)10-9-12-7-5-4-6-8-12/h4-8,11H,1-3H3,(H,18,19). The van der Waals surface area contributed by atoms with E-state index in [1.54, 1.807) is 5.51 Å². The molecule has 1 aromatic carbocycles. The minimum atomic E-state index is -0.546. The molecule has 2 aromatic rings. The first-order valence-corrected chi connectivity index (χ1v) is 7.32. The van der Waals surface area contributed by atoms with Crippen molar-refractivity contribution in [1.82, 2.24) is 4.98 Å². The lowest BCUT2D eigenvalue weighted by molar-refractivity contribution is 0.0635. The molecule has 1 amide bonds. The summed E-state index contributed by atoms with van der Waals surface area (Å²) in [6, 6.07) is 9.64. The van der Waals surface area contributed by atoms with Crippen molar-refractivity contribution in [3.8, 4) is 11.8 Å². The highest BCUT2D eigenvalue weighted by Gasteiger charge is 2.17. The van der Waals surface area contributed by atoms with Gasteiger partial charge in [0, 0.05) is 5.56 Å². The van der Waals surface area contributed by atoms with Gasteiger partial charge in [-0.15, -0.1) is 11.3 Å². The Balaban J connectivity index is 2.09. The van der Waals surface area contributed by atoms with Crippen LogP contribution in [0.25, 0.3) is 0 Å². The lowest BCUT2D eigenvalue weighted by atomic mass is 10.2. The van der Waals surface area contributed by atoms with Gasteiger partial charge in [0.1, 0.15) is 10.5 Å². The zero-order valence-electron chi connectivity index (χ0n) is 12.1. The Labute approximate surface area is 128 Å². The normalized spacial score (nSPS) is 10.4. The molecular weight excluding hydrogens is 284 g/mol. The number of carbonyl (C=O) groups is 1. The van der Waals surface area contributed by atoms with E-state index in [2.05, 4.69) is 22.1 Å². The highest BCUT2D eigenvalue weighted by Crippen LogP contribution is 2.18. The van der Waals surface area contributed by atoms with E-state index >= 15 is 0 Å². The molecule has 0 saturated carbocycles. The smallest absolute Gasteiger partial charge is 0.413 e. The van der Waals surface area contributed by atoms with E-state index in [9.17, 15) is 4.79 Å². The summed E-state index contributed by atoms with van der Waals surface area (Å²) in [6.45, 7) is 5.43. The first-order chi connectivity index (χ1) is 9.94. The summed E-state index contributed by atoms with van der Waals surface area (Å²) in [5.41, 5.74) is 2.01. The van der Waals surface area contributed by atoms with Gasteiger partial charge >= 0.3 is 6.09 Å². The minimum absolute atomic E-state index is 0.428. The third-order valence-electron chi connectivity index (χ3n) is 2.28. The highest BCUT2D eigenvalue weighted by atomic mass is 32.1. The van der Waals surface area contributed by atoms with Gasteiger partial charge in [0.25, 0.3) is 0 Å². The second-order valence-corrected chi connectivity index (χ2v) is 6.13. The predicted molar refractivity (Wildman–Crippen MR) is 84.4 cm³/mol. The number of rotatable bonds is 1. The Morgan fingerprint density at radius 2 is 1.95 bits per heavy atom. The topological polar surface area (TPSA) is 51.2 Å². The van der Waals surface area contributed by atoms with Gasteiger partial charge in [0.15, 0.2) is 5.82 Å². The largest absolute Gasteiger partial charge is 0.444 e. The van der Waals surface area contributed by atoms with Crippen LogP contribution in [0.5, 0.6) is 0 Å². The van der Waals surface area contributed by atoms with Crippen molar-refractivity contribution in [1.29, 1.82) is 0 Å². The number of amides is 1. The van der Waals surface area contributed by atoms with Crippen LogP contribution in [-0.4, -0.2) is 16.7 Å². The Morgan fingerprint density at radius 3 is 2.62 bits per heavy atom. The van der Waals surface area contributed by atoms with E-state index in [0.717, 1.165) is 5.56 Å². The molecule has 5 heteroatoms. The van der Waals surface area contributed by atoms with Crippen molar-refractivity contribution in [3.05, 3.63) is 46.3 Å². The molecule has 0 radical (unpaired) electrons. The summed E-state index contributed by atoms with van der Waals surface area (Å²) in [5.74, 6) is 6.48. The van der Waals surface area contributed by atoms with Crippen LogP contribution in [0.1, 0.15) is 31.2 Å². The molecule has 0 bridgehead atoms. The van der Waals surface area contributed by atoms with E-state index in [1.165, 1.54) is 11.3 Å². The first kappa shape index (κ1) is 15.1. The Bertz CT molecular complexity index is 676. The van der Waals surface area contributed by atoms with Gasteiger partial charge in [0.05, 0.1) is 5.51 Å². The molecule has 21 heavy (non-hydrogen) atoms. The molecule has 1 heterocycles. The lowest BCUT2D eigenvalue weighted by Gasteiger charge is -2.19. The zero-order valence-corrected chi connectivity index (χ0v) is 13.0. The fourth-order valence-electron chi connectivity index (χ4n) is 1.47. The summed E-state index contributed by atoms with van der Waals surface area (Å²) in [4.78, 5) is 16.5. The second kappa shape index (κ2) is 6.42. The number of nitrogens with one attached hydrogen (secondary N) is 1. The number of benzene rings is 1. The van der Waals surface area contributed by atoms with E-state index in [1.807, 2.05) is 51.1 Å². The van der Waals surface area contributed by atoms with Gasteiger partial charge < -0.3 is 4.74 Å². The van der Waals surface area contributed by atoms with Gasteiger partial charge in [-0.3, -0.25) is 5.32 Å². The summed E-state index contributed by atoms with van der Waals surface area (Å²) < 4.78 is 5.20. The van der Waals surface area contributed by atoms with Crippen molar-refractivity contribution in [2.45, 2.75) is 26.4 Å². The van der Waals surface area contributed by atoms with Gasteiger partial charge in [-0.2, -0.15) is 0 Å². The SMILES string of the molecule is CC(C)(C)OC(=O)Nc1ncsc1C#Cc1ccccc1. The average Bonchev–Trinajstić information content (AvgIpc) is 2.82. The van der Waals surface area contributed by atoms with Crippen molar-refractivity contribution < 1.29 is 9.53 Å². The van der Waals surface area contributed by atoms with Gasteiger partial charge in [-0.25, -0.2) is 9.78 Å². The predicted octanol–water partition coefficient (Wildman–Crippen LogP) is 3.89. The lowest BCUT2D eigenvalue weighted by Crippen LogP contribution is -2.27. The summed E-state index contributed by atoms with van der Waals surface area (Å²) in [6.07, 6.45) is -0.531. The maximum Gasteiger partial charge on any atom is 0.413 e. The van der Waals surface area contributed by atoms with Crippen molar-refractivity contribution in [2.75, 3.05) is 5.32 Å². The molecule has 0 aliphatic rings. The number of ether oxygens (including phenoxy) is 1. The monoisotopic (exact) mass is 300 g/mol. The van der Waals surface area contributed by atoms with Crippen molar-refractivity contribution in [3.63, 3.8) is 0 Å². The van der Waals surface area contributed by atoms with Crippen LogP contribution in [-0.2, 0) is 4.74 Å². The molecule has 108 valence electrons. The number of hydrogen-bond acceptors (Lipinski definition) is 4. The van der Waals surface area contributed by atoms with E-state index in [0.29, 0.717) is 10.7 Å². The highest BCUT2D eigenvalue weighted by molar-refractivity contribution is 7.10. The first-order valence-electron chi connectivity index (χ1n) is 6.44. The molecule has 0 saturated heterocycles. The molecule has 0 spiro atoms. The van der Waals surface area contributed by atoms with Gasteiger partial charge in [-0.05, 0) is 38.8 Å². The number of hydrogen-bond donors (Lipinski definition) is 1. The van der Waals surface area contributed by atoms with Crippen LogP contribution in [0.15, 0.2) is 35.8 Å². The zero-order chi connectivity index (χ0) is 15.3. The van der Waals surface area contributed by atoms with E-state index in [4.69, 9.17) is 4.74 Å². The van der Waals surface area contributed by atoms with Crippen LogP contribution in [0, 0.1) is 11.8 Å². The molecular formula is C16H16N2O2S. The Kier molecular flexibility index (Phi) is 4.61. The number of nitrogens with zero attached hydrogens (tertiary/aromatic N) is 1. The van der Waals surface area contributed by atoms with E-state index in [-0.39, 0.29) is 0 Å². The quantitative estimate of drug-likeness (QED) is 0.813. The van der Waals surface area contributed by atoms with Crippen molar-refractivity contribution >= 4 is 23.2 Å². The Hall–Kier alpha value is -2.32. The average molecular weight is 300 g/mol. The van der Waals surface area contributed by atoms with Crippen LogP contribution < -0.4 is 5.32 Å². The number of aromatic nitrogens is 1. The molecule has 0 unspecified atom stereocenters. The molecule has 0 aliphatic carbocycles. The molecule has 2 rings (SSSR count). The van der Waals surface area contributed by atoms with Crippen molar-refractivity contribution in [2.24, 2.45) is 0 Å². The summed E-state index contributed by atoms with van der Waals surface area (Å²) >= 11 is 1.37. The minimum Gasteiger partial charge on any atom is -0.444 e. The molecule has 1 N–H and O–H groups in total. The summed E-state index contributed by atoms with van der Waals surface area (Å²) in [7, 11) is 0. The van der Waals surface area contributed by atoms with Gasteiger partial charge in [-0.1, -0.05) is 24.1 Å². The number of thiazole rings is 1. The second-order valence-electron chi connectivity index (χ2n) is 5.27. The molecule has 0 atom stereocenters. The number of carbonyl (C=O) groups excluding carboxylic acids is 1. The maximum absolute atomic E-state index is 11.7. The van der Waals surface area contributed by atoms with E-state index < -0.39 is 11.7 Å². The molecule has 0 aliphatic heterocycles. The molecule has 1 aromatic heterocycles. The third kappa shape index (κ3) is 4.93. The maximum atomic E-state index is 11.7. The number of anilines is 1. The fraction of sp³-hybridized carbons (Fsp3) is 0.250. The van der Waals surface area contributed by atoms with Gasteiger partial charge in [0.2, 0.25) is 0 Å². The summed E-state index contributed by atoms with van der Waals surface area (Å²) in [5, 5.41) is 2.62. The molecule has 0 fully saturated rings. The van der Waals surface area contributed by atoms with Crippen LogP contribution in [0.3, 0.4) is 0 Å². The Morgan fingerprint density at radius 1 is 1.24 bits per heavy atom. The fourth-order valence-corrected chi connectivity index (χ4v) is 2.06. The van der Waals surface area contributed by atoms with Crippen LogP contribution >= 0.6 is 11.3 Å². The molecule has 4 nitrogen and oxygen atoms in total. The van der Waals surface area contributed by atoms with Crippen LogP contribution in [0.4, 0.5) is 10.6 Å². The van der Waals surface area contributed by atoms with Crippen LogP contribution in [0.2, 0.25) is 0 Å². The third-order valence-corrected chi connectivity index (χ3v) is 3.02.